The smallest absolute Gasteiger partial charge is 0.254 e. The standard InChI is InChI=1S/C10H12FN3O2/c1-14(5-9(13)15)10(16)6-2-3-7(11)8(12)4-6/h2-4H,5,12H2,1H3,(H2,13,15). The molecule has 4 N–H and O–H groups in total. The molecule has 0 unspecified atom stereocenters. The zero-order valence-corrected chi connectivity index (χ0v) is 8.74. The molecule has 0 aliphatic carbocycles. The molecule has 0 aliphatic heterocycles. The third kappa shape index (κ3) is 2.69. The zero-order valence-electron chi connectivity index (χ0n) is 8.74. The number of nitrogen functional groups attached to an aromatic ring is 1. The first-order chi connectivity index (χ1) is 7.41. The summed E-state index contributed by atoms with van der Waals surface area (Å²) in [4.78, 5) is 23.4. The molecular weight excluding hydrogens is 213 g/mol. The molecular formula is C10H12FN3O2. The van der Waals surface area contributed by atoms with Crippen LogP contribution in [0.15, 0.2) is 18.2 Å². The largest absolute Gasteiger partial charge is 0.396 e. The van der Waals surface area contributed by atoms with E-state index in [1.54, 1.807) is 0 Å². The number of carbonyl (C=O) groups excluding carboxylic acids is 2. The topological polar surface area (TPSA) is 89.4 Å². The summed E-state index contributed by atoms with van der Waals surface area (Å²) in [6, 6.07) is 3.61. The van der Waals surface area contributed by atoms with E-state index in [4.69, 9.17) is 11.5 Å². The molecule has 0 heterocycles. The van der Waals surface area contributed by atoms with Crippen molar-refractivity contribution < 1.29 is 14.0 Å². The molecule has 0 saturated carbocycles. The number of anilines is 1. The van der Waals surface area contributed by atoms with Crippen molar-refractivity contribution in [1.82, 2.24) is 4.90 Å². The predicted molar refractivity (Wildman–Crippen MR) is 57.0 cm³/mol. The van der Waals surface area contributed by atoms with Gasteiger partial charge in [0.2, 0.25) is 5.91 Å². The van der Waals surface area contributed by atoms with Gasteiger partial charge in [-0.15, -0.1) is 0 Å². The summed E-state index contributed by atoms with van der Waals surface area (Å²) in [6.45, 7) is -0.198. The van der Waals surface area contributed by atoms with E-state index in [2.05, 4.69) is 0 Å². The molecule has 2 amide bonds. The minimum Gasteiger partial charge on any atom is -0.396 e. The highest BCUT2D eigenvalue weighted by Crippen LogP contribution is 2.13. The Balaban J connectivity index is 2.88. The van der Waals surface area contributed by atoms with Gasteiger partial charge < -0.3 is 16.4 Å². The number of amides is 2. The van der Waals surface area contributed by atoms with Crippen molar-refractivity contribution in [2.24, 2.45) is 5.73 Å². The van der Waals surface area contributed by atoms with E-state index in [9.17, 15) is 14.0 Å². The lowest BCUT2D eigenvalue weighted by Crippen LogP contribution is -2.35. The summed E-state index contributed by atoms with van der Waals surface area (Å²) < 4.78 is 12.8. The number of nitrogens with zero attached hydrogens (tertiary/aromatic N) is 1. The minimum atomic E-state index is -0.620. The maximum atomic E-state index is 12.8. The zero-order chi connectivity index (χ0) is 12.3. The van der Waals surface area contributed by atoms with E-state index in [1.807, 2.05) is 0 Å². The molecule has 1 rings (SSSR count). The van der Waals surface area contributed by atoms with Crippen molar-refractivity contribution in [1.29, 1.82) is 0 Å². The summed E-state index contributed by atoms with van der Waals surface area (Å²) in [6.07, 6.45) is 0. The second-order valence-corrected chi connectivity index (χ2v) is 3.36. The third-order valence-electron chi connectivity index (χ3n) is 1.98. The Kier molecular flexibility index (Phi) is 3.44. The molecule has 0 aromatic heterocycles. The van der Waals surface area contributed by atoms with Crippen LogP contribution in [0.5, 0.6) is 0 Å². The van der Waals surface area contributed by atoms with Gasteiger partial charge >= 0.3 is 0 Å². The lowest BCUT2D eigenvalue weighted by Gasteiger charge is -2.15. The van der Waals surface area contributed by atoms with Crippen LogP contribution in [0.4, 0.5) is 10.1 Å². The Bertz CT molecular complexity index is 434. The Morgan fingerprint density at radius 2 is 2.06 bits per heavy atom. The predicted octanol–water partition coefficient (Wildman–Crippen LogP) is -0.0348. The second kappa shape index (κ2) is 4.61. The maximum Gasteiger partial charge on any atom is 0.254 e. The summed E-state index contributed by atoms with van der Waals surface area (Å²) in [7, 11) is 1.42. The highest BCUT2D eigenvalue weighted by molar-refractivity contribution is 5.96. The van der Waals surface area contributed by atoms with Crippen LogP contribution in [-0.4, -0.2) is 30.3 Å². The number of carbonyl (C=O) groups is 2. The van der Waals surface area contributed by atoms with Crippen LogP contribution in [0.2, 0.25) is 0 Å². The molecule has 1 aromatic carbocycles. The number of likely N-dealkylation sites (N-methyl/N-ethyl adjacent to an activating group) is 1. The molecule has 0 spiro atoms. The third-order valence-corrected chi connectivity index (χ3v) is 1.98. The Labute approximate surface area is 91.8 Å². The fraction of sp³-hybridized carbons (Fsp3) is 0.200. The fourth-order valence-electron chi connectivity index (χ4n) is 1.20. The summed E-state index contributed by atoms with van der Waals surface area (Å²) in [5.41, 5.74) is 10.4. The first-order valence-electron chi connectivity index (χ1n) is 4.50. The van der Waals surface area contributed by atoms with E-state index in [1.165, 1.54) is 19.2 Å². The highest BCUT2D eigenvalue weighted by Gasteiger charge is 2.14. The number of rotatable bonds is 3. The van der Waals surface area contributed by atoms with Gasteiger partial charge in [0.25, 0.3) is 5.91 Å². The van der Waals surface area contributed by atoms with E-state index in [-0.39, 0.29) is 17.8 Å². The molecule has 1 aromatic rings. The van der Waals surface area contributed by atoms with Gasteiger partial charge in [-0.3, -0.25) is 9.59 Å². The summed E-state index contributed by atoms with van der Waals surface area (Å²) >= 11 is 0. The van der Waals surface area contributed by atoms with Crippen molar-refractivity contribution >= 4 is 17.5 Å². The number of primary amides is 1. The van der Waals surface area contributed by atoms with Gasteiger partial charge in [0.15, 0.2) is 0 Å². The lowest BCUT2D eigenvalue weighted by molar-refractivity contribution is -0.118. The molecule has 6 heteroatoms. The lowest BCUT2D eigenvalue weighted by atomic mass is 10.1. The van der Waals surface area contributed by atoms with Crippen LogP contribution in [0.1, 0.15) is 10.4 Å². The molecule has 0 saturated heterocycles. The van der Waals surface area contributed by atoms with Gasteiger partial charge in [-0.05, 0) is 18.2 Å². The van der Waals surface area contributed by atoms with Gasteiger partial charge in [-0.2, -0.15) is 0 Å². The van der Waals surface area contributed by atoms with Crippen LogP contribution in [0, 0.1) is 5.82 Å². The Morgan fingerprint density at radius 3 is 2.56 bits per heavy atom. The van der Waals surface area contributed by atoms with Crippen molar-refractivity contribution in [3.63, 3.8) is 0 Å². The van der Waals surface area contributed by atoms with Gasteiger partial charge in [0.1, 0.15) is 5.82 Å². The van der Waals surface area contributed by atoms with Crippen molar-refractivity contribution in [2.75, 3.05) is 19.3 Å². The Hall–Kier alpha value is -2.11. The average Bonchev–Trinajstić information content (AvgIpc) is 2.20. The normalized spacial score (nSPS) is 9.88. The molecule has 0 bridgehead atoms. The Morgan fingerprint density at radius 1 is 1.44 bits per heavy atom. The van der Waals surface area contributed by atoms with Crippen LogP contribution in [0.25, 0.3) is 0 Å². The molecule has 16 heavy (non-hydrogen) atoms. The molecule has 0 radical (unpaired) electrons. The van der Waals surface area contributed by atoms with Crippen molar-refractivity contribution in [2.45, 2.75) is 0 Å². The van der Waals surface area contributed by atoms with Crippen LogP contribution < -0.4 is 11.5 Å². The first-order valence-corrected chi connectivity index (χ1v) is 4.50. The first kappa shape index (κ1) is 12.0. The van der Waals surface area contributed by atoms with E-state index < -0.39 is 17.6 Å². The van der Waals surface area contributed by atoms with Crippen LogP contribution in [0.3, 0.4) is 0 Å². The number of nitrogens with two attached hydrogens (primary N) is 2. The number of benzene rings is 1. The number of halogens is 1. The SMILES string of the molecule is CN(CC(N)=O)C(=O)c1ccc(F)c(N)c1. The van der Waals surface area contributed by atoms with Gasteiger partial charge in [0.05, 0.1) is 12.2 Å². The molecule has 0 atom stereocenters. The van der Waals surface area contributed by atoms with Gasteiger partial charge in [-0.25, -0.2) is 4.39 Å². The van der Waals surface area contributed by atoms with E-state index in [0.29, 0.717) is 0 Å². The fourth-order valence-corrected chi connectivity index (χ4v) is 1.20. The monoisotopic (exact) mass is 225 g/mol. The highest BCUT2D eigenvalue weighted by atomic mass is 19.1. The maximum absolute atomic E-state index is 12.8. The van der Waals surface area contributed by atoms with Crippen LogP contribution >= 0.6 is 0 Å². The van der Waals surface area contributed by atoms with E-state index >= 15 is 0 Å². The van der Waals surface area contributed by atoms with Gasteiger partial charge in [0, 0.05) is 12.6 Å². The average molecular weight is 225 g/mol. The van der Waals surface area contributed by atoms with Crippen LogP contribution in [-0.2, 0) is 4.79 Å². The van der Waals surface area contributed by atoms with Gasteiger partial charge in [-0.1, -0.05) is 0 Å². The minimum absolute atomic E-state index is 0.113. The van der Waals surface area contributed by atoms with E-state index in [0.717, 1.165) is 11.0 Å². The van der Waals surface area contributed by atoms with Crippen molar-refractivity contribution in [3.05, 3.63) is 29.6 Å². The van der Waals surface area contributed by atoms with Crippen molar-refractivity contribution in [3.8, 4) is 0 Å². The molecule has 86 valence electrons. The summed E-state index contributed by atoms with van der Waals surface area (Å²) in [5.74, 6) is -1.65. The molecule has 0 aliphatic rings. The number of hydrogen-bond donors (Lipinski definition) is 2. The quantitative estimate of drug-likeness (QED) is 0.707. The number of hydrogen-bond acceptors (Lipinski definition) is 3. The second-order valence-electron chi connectivity index (χ2n) is 3.36. The molecule has 5 nitrogen and oxygen atoms in total. The molecule has 0 fully saturated rings. The summed E-state index contributed by atoms with van der Waals surface area (Å²) in [5, 5.41) is 0.